The highest BCUT2D eigenvalue weighted by Crippen LogP contribution is 2.24. The second-order valence-electron chi connectivity index (χ2n) is 3.91. The minimum atomic E-state index is -0.606. The molecule has 0 bridgehead atoms. The molecule has 1 N–H and O–H groups in total. The fourth-order valence-electron chi connectivity index (χ4n) is 1.38. The molecule has 1 amide bonds. The monoisotopic (exact) mass is 237 g/mol. The van der Waals surface area contributed by atoms with Gasteiger partial charge in [0.1, 0.15) is 5.75 Å². The second-order valence-corrected chi connectivity index (χ2v) is 3.91. The SMILES string of the molecule is CCN(C)C(=O)COc1ccccc1C(C)O. The van der Waals surface area contributed by atoms with E-state index in [4.69, 9.17) is 4.74 Å². The number of ether oxygens (including phenoxy) is 1. The van der Waals surface area contributed by atoms with E-state index in [-0.39, 0.29) is 12.5 Å². The van der Waals surface area contributed by atoms with Gasteiger partial charge in [-0.2, -0.15) is 0 Å². The van der Waals surface area contributed by atoms with E-state index in [1.54, 1.807) is 31.0 Å². The van der Waals surface area contributed by atoms with Gasteiger partial charge in [0.15, 0.2) is 6.61 Å². The van der Waals surface area contributed by atoms with E-state index in [0.717, 1.165) is 0 Å². The first-order valence-electron chi connectivity index (χ1n) is 5.70. The van der Waals surface area contributed by atoms with Crippen molar-refractivity contribution in [1.29, 1.82) is 0 Å². The standard InChI is InChI=1S/C13H19NO3/c1-4-14(3)13(16)9-17-12-8-6-5-7-11(12)10(2)15/h5-8,10,15H,4,9H2,1-3H3. The minimum absolute atomic E-state index is 0.00588. The van der Waals surface area contributed by atoms with E-state index in [1.807, 2.05) is 19.1 Å². The zero-order valence-electron chi connectivity index (χ0n) is 10.5. The number of nitrogens with zero attached hydrogens (tertiary/aromatic N) is 1. The summed E-state index contributed by atoms with van der Waals surface area (Å²) in [6.07, 6.45) is -0.606. The number of carbonyl (C=O) groups excluding carboxylic acids is 1. The number of aliphatic hydroxyl groups is 1. The Kier molecular flexibility index (Phi) is 4.97. The number of carbonyl (C=O) groups is 1. The molecule has 4 heteroatoms. The summed E-state index contributed by atoms with van der Waals surface area (Å²) in [7, 11) is 1.73. The Balaban J connectivity index is 2.66. The Hall–Kier alpha value is -1.55. The lowest BCUT2D eigenvalue weighted by atomic mass is 10.1. The lowest BCUT2D eigenvalue weighted by molar-refractivity contribution is -0.131. The maximum atomic E-state index is 11.6. The average Bonchev–Trinajstić information content (AvgIpc) is 2.35. The van der Waals surface area contributed by atoms with Crippen LogP contribution in [0, 0.1) is 0 Å². The number of benzene rings is 1. The van der Waals surface area contributed by atoms with Crippen molar-refractivity contribution < 1.29 is 14.6 Å². The lowest BCUT2D eigenvalue weighted by Gasteiger charge is -2.17. The van der Waals surface area contributed by atoms with Crippen molar-refractivity contribution in [2.75, 3.05) is 20.2 Å². The highest BCUT2D eigenvalue weighted by molar-refractivity contribution is 5.77. The summed E-state index contributed by atoms with van der Waals surface area (Å²) in [6, 6.07) is 7.18. The number of hydrogen-bond donors (Lipinski definition) is 1. The van der Waals surface area contributed by atoms with Gasteiger partial charge in [0, 0.05) is 19.2 Å². The van der Waals surface area contributed by atoms with Crippen LogP contribution in [0.5, 0.6) is 5.75 Å². The third-order valence-corrected chi connectivity index (χ3v) is 2.62. The topological polar surface area (TPSA) is 49.8 Å². The number of likely N-dealkylation sites (N-methyl/N-ethyl adjacent to an activating group) is 1. The fourth-order valence-corrected chi connectivity index (χ4v) is 1.38. The van der Waals surface area contributed by atoms with Gasteiger partial charge in [-0.1, -0.05) is 18.2 Å². The first-order valence-corrected chi connectivity index (χ1v) is 5.70. The van der Waals surface area contributed by atoms with E-state index in [9.17, 15) is 9.90 Å². The lowest BCUT2D eigenvalue weighted by Crippen LogP contribution is -2.31. The predicted molar refractivity (Wildman–Crippen MR) is 65.9 cm³/mol. The number of para-hydroxylation sites is 1. The highest BCUT2D eigenvalue weighted by Gasteiger charge is 2.11. The Morgan fingerprint density at radius 3 is 2.71 bits per heavy atom. The van der Waals surface area contributed by atoms with Gasteiger partial charge < -0.3 is 14.7 Å². The molecule has 0 saturated carbocycles. The highest BCUT2D eigenvalue weighted by atomic mass is 16.5. The van der Waals surface area contributed by atoms with Crippen LogP contribution < -0.4 is 4.74 Å². The summed E-state index contributed by atoms with van der Waals surface area (Å²) in [4.78, 5) is 13.2. The average molecular weight is 237 g/mol. The zero-order valence-corrected chi connectivity index (χ0v) is 10.5. The van der Waals surface area contributed by atoms with Crippen molar-refractivity contribution in [3.8, 4) is 5.75 Å². The molecule has 1 aromatic carbocycles. The number of rotatable bonds is 5. The van der Waals surface area contributed by atoms with Gasteiger partial charge in [-0.05, 0) is 19.9 Å². The van der Waals surface area contributed by atoms with Crippen molar-refractivity contribution in [3.63, 3.8) is 0 Å². The van der Waals surface area contributed by atoms with Gasteiger partial charge in [-0.15, -0.1) is 0 Å². The molecule has 1 rings (SSSR count). The summed E-state index contributed by atoms with van der Waals surface area (Å²) in [5.41, 5.74) is 0.694. The van der Waals surface area contributed by atoms with Crippen molar-refractivity contribution in [1.82, 2.24) is 4.90 Å². The van der Waals surface area contributed by atoms with E-state index in [0.29, 0.717) is 17.9 Å². The Bertz CT molecular complexity index is 377. The molecular weight excluding hydrogens is 218 g/mol. The summed E-state index contributed by atoms with van der Waals surface area (Å²) in [6.45, 7) is 4.22. The van der Waals surface area contributed by atoms with E-state index in [1.165, 1.54) is 0 Å². The maximum absolute atomic E-state index is 11.6. The molecular formula is C13H19NO3. The molecule has 0 aromatic heterocycles. The fraction of sp³-hybridized carbons (Fsp3) is 0.462. The first kappa shape index (κ1) is 13.5. The summed E-state index contributed by atoms with van der Waals surface area (Å²) in [5.74, 6) is 0.480. The molecule has 0 aliphatic rings. The van der Waals surface area contributed by atoms with Crippen LogP contribution in [0.1, 0.15) is 25.5 Å². The third-order valence-electron chi connectivity index (χ3n) is 2.62. The van der Waals surface area contributed by atoms with Crippen LogP contribution in [-0.4, -0.2) is 36.1 Å². The van der Waals surface area contributed by atoms with Crippen LogP contribution in [0.2, 0.25) is 0 Å². The van der Waals surface area contributed by atoms with Crippen LogP contribution in [0.3, 0.4) is 0 Å². The van der Waals surface area contributed by atoms with Crippen molar-refractivity contribution in [3.05, 3.63) is 29.8 Å². The maximum Gasteiger partial charge on any atom is 0.260 e. The van der Waals surface area contributed by atoms with E-state index < -0.39 is 6.10 Å². The zero-order chi connectivity index (χ0) is 12.8. The van der Waals surface area contributed by atoms with Gasteiger partial charge in [-0.3, -0.25) is 4.79 Å². The molecule has 0 saturated heterocycles. The van der Waals surface area contributed by atoms with Crippen molar-refractivity contribution >= 4 is 5.91 Å². The minimum Gasteiger partial charge on any atom is -0.483 e. The van der Waals surface area contributed by atoms with Gasteiger partial charge in [0.05, 0.1) is 6.10 Å². The van der Waals surface area contributed by atoms with Crippen LogP contribution in [0.15, 0.2) is 24.3 Å². The van der Waals surface area contributed by atoms with Gasteiger partial charge in [-0.25, -0.2) is 0 Å². The molecule has 17 heavy (non-hydrogen) atoms. The quantitative estimate of drug-likeness (QED) is 0.846. The molecule has 0 radical (unpaired) electrons. The molecule has 0 aliphatic heterocycles. The third kappa shape index (κ3) is 3.75. The van der Waals surface area contributed by atoms with Crippen molar-refractivity contribution in [2.24, 2.45) is 0 Å². The Labute approximate surface area is 102 Å². The second kappa shape index (κ2) is 6.25. The van der Waals surface area contributed by atoms with Crippen LogP contribution in [0.25, 0.3) is 0 Å². The van der Waals surface area contributed by atoms with E-state index >= 15 is 0 Å². The summed E-state index contributed by atoms with van der Waals surface area (Å²) in [5, 5.41) is 9.55. The van der Waals surface area contributed by atoms with Gasteiger partial charge in [0.2, 0.25) is 0 Å². The summed E-state index contributed by atoms with van der Waals surface area (Å²) < 4.78 is 5.43. The molecule has 0 heterocycles. The van der Waals surface area contributed by atoms with Gasteiger partial charge >= 0.3 is 0 Å². The number of amides is 1. The molecule has 94 valence electrons. The number of hydrogen-bond acceptors (Lipinski definition) is 3. The van der Waals surface area contributed by atoms with Crippen LogP contribution in [0.4, 0.5) is 0 Å². The molecule has 1 unspecified atom stereocenters. The van der Waals surface area contributed by atoms with Crippen molar-refractivity contribution in [2.45, 2.75) is 20.0 Å². The van der Waals surface area contributed by atoms with E-state index in [2.05, 4.69) is 0 Å². The predicted octanol–water partition coefficient (Wildman–Crippen LogP) is 1.60. The largest absolute Gasteiger partial charge is 0.483 e. The molecule has 0 spiro atoms. The molecule has 1 atom stereocenters. The molecule has 0 aliphatic carbocycles. The van der Waals surface area contributed by atoms with Crippen LogP contribution in [-0.2, 0) is 4.79 Å². The normalized spacial score (nSPS) is 12.0. The molecule has 0 fully saturated rings. The Morgan fingerprint density at radius 2 is 2.12 bits per heavy atom. The first-order chi connectivity index (χ1) is 8.06. The Morgan fingerprint density at radius 1 is 1.47 bits per heavy atom. The smallest absolute Gasteiger partial charge is 0.260 e. The van der Waals surface area contributed by atoms with Crippen LogP contribution >= 0.6 is 0 Å². The summed E-state index contributed by atoms with van der Waals surface area (Å²) >= 11 is 0. The molecule has 1 aromatic rings. The van der Waals surface area contributed by atoms with Gasteiger partial charge in [0.25, 0.3) is 5.91 Å². The molecule has 4 nitrogen and oxygen atoms in total. The number of aliphatic hydroxyl groups excluding tert-OH is 1.